The Kier molecular flexibility index (Phi) is 4.28. The molecular formula is C22H21N5O2S. The Labute approximate surface area is 177 Å². The lowest BCUT2D eigenvalue weighted by Gasteiger charge is -2.34. The molecule has 1 atom stereocenters. The fraction of sp³-hybridized carbons (Fsp3) is 0.364. The van der Waals surface area contributed by atoms with E-state index in [-0.39, 0.29) is 6.04 Å². The Morgan fingerprint density at radius 3 is 2.90 bits per heavy atom. The molecule has 152 valence electrons. The van der Waals surface area contributed by atoms with Crippen LogP contribution in [0.2, 0.25) is 0 Å². The molecule has 7 nitrogen and oxygen atoms in total. The Bertz CT molecular complexity index is 1220. The predicted octanol–water partition coefficient (Wildman–Crippen LogP) is 4.12. The SMILES string of the molecule is Cc1nc(N2CCOCC2c2nnc(-c3ccccc3)o2)c2c3c(sc2n1)CCC3. The minimum Gasteiger partial charge on any atom is -0.418 e. The number of nitrogens with zero attached hydrogens (tertiary/aromatic N) is 5. The van der Waals surface area contributed by atoms with Crippen LogP contribution in [-0.4, -0.2) is 39.9 Å². The maximum Gasteiger partial charge on any atom is 0.247 e. The average Bonchev–Trinajstić information content (AvgIpc) is 3.50. The largest absolute Gasteiger partial charge is 0.418 e. The van der Waals surface area contributed by atoms with Gasteiger partial charge in [0.25, 0.3) is 0 Å². The lowest BCUT2D eigenvalue weighted by atomic mass is 10.1. The van der Waals surface area contributed by atoms with Crippen LogP contribution in [-0.2, 0) is 17.6 Å². The molecule has 1 aliphatic carbocycles. The molecule has 0 bridgehead atoms. The molecule has 30 heavy (non-hydrogen) atoms. The van der Waals surface area contributed by atoms with Crippen LogP contribution in [0.5, 0.6) is 0 Å². The van der Waals surface area contributed by atoms with Crippen LogP contribution in [0.15, 0.2) is 34.7 Å². The van der Waals surface area contributed by atoms with Gasteiger partial charge in [-0.15, -0.1) is 21.5 Å². The van der Waals surface area contributed by atoms with Crippen molar-refractivity contribution in [1.29, 1.82) is 0 Å². The maximum atomic E-state index is 6.09. The van der Waals surface area contributed by atoms with Gasteiger partial charge in [0.15, 0.2) is 0 Å². The van der Waals surface area contributed by atoms with Crippen LogP contribution in [0.4, 0.5) is 5.82 Å². The normalized spacial score (nSPS) is 18.8. The summed E-state index contributed by atoms with van der Waals surface area (Å²) >= 11 is 1.82. The van der Waals surface area contributed by atoms with Crippen LogP contribution in [0, 0.1) is 6.92 Å². The molecule has 1 saturated heterocycles. The van der Waals surface area contributed by atoms with Crippen LogP contribution in [0.1, 0.15) is 34.6 Å². The van der Waals surface area contributed by atoms with Crippen molar-refractivity contribution >= 4 is 27.4 Å². The summed E-state index contributed by atoms with van der Waals surface area (Å²) in [5.74, 6) is 2.85. The Hall–Kier alpha value is -2.84. The van der Waals surface area contributed by atoms with Gasteiger partial charge in [-0.25, -0.2) is 9.97 Å². The van der Waals surface area contributed by atoms with Gasteiger partial charge in [-0.05, 0) is 43.9 Å². The van der Waals surface area contributed by atoms with Gasteiger partial charge in [0.05, 0.1) is 18.6 Å². The number of hydrogen-bond donors (Lipinski definition) is 0. The van der Waals surface area contributed by atoms with Gasteiger partial charge in [0.2, 0.25) is 11.8 Å². The summed E-state index contributed by atoms with van der Waals surface area (Å²) in [4.78, 5) is 14.4. The number of rotatable bonds is 3. The van der Waals surface area contributed by atoms with Crippen molar-refractivity contribution in [2.24, 2.45) is 0 Å². The first kappa shape index (κ1) is 18.0. The number of fused-ring (bicyclic) bond motifs is 3. The molecule has 4 aromatic rings. The number of morpholine rings is 1. The highest BCUT2D eigenvalue weighted by Crippen LogP contribution is 2.42. The third-order valence-corrected chi connectivity index (χ3v) is 6.99. The van der Waals surface area contributed by atoms with Gasteiger partial charge in [-0.2, -0.15) is 0 Å². The van der Waals surface area contributed by atoms with Crippen molar-refractivity contribution in [3.8, 4) is 11.5 Å². The molecule has 0 spiro atoms. The molecule has 2 aliphatic rings. The summed E-state index contributed by atoms with van der Waals surface area (Å²) in [6, 6.07) is 9.67. The minimum absolute atomic E-state index is 0.168. The number of aryl methyl sites for hydroxylation is 3. The zero-order valence-corrected chi connectivity index (χ0v) is 17.5. The van der Waals surface area contributed by atoms with E-state index in [2.05, 4.69) is 15.1 Å². The first-order valence-electron chi connectivity index (χ1n) is 10.3. The second kappa shape index (κ2) is 7.14. The molecule has 0 saturated carbocycles. The molecule has 8 heteroatoms. The molecule has 4 heterocycles. The van der Waals surface area contributed by atoms with Gasteiger partial charge in [0.1, 0.15) is 22.5 Å². The van der Waals surface area contributed by atoms with Gasteiger partial charge >= 0.3 is 0 Å². The standard InChI is InChI=1S/C22H21N5O2S/c1-13-23-19(18-15-8-5-9-17(15)30-22(18)24-13)27-10-11-28-12-16(27)21-26-25-20(29-21)14-6-3-2-4-7-14/h2-4,6-7,16H,5,8-12H2,1H3. The van der Waals surface area contributed by atoms with Gasteiger partial charge in [-0.1, -0.05) is 18.2 Å². The molecule has 1 fully saturated rings. The van der Waals surface area contributed by atoms with E-state index in [4.69, 9.17) is 19.1 Å². The van der Waals surface area contributed by atoms with Crippen molar-refractivity contribution in [2.75, 3.05) is 24.7 Å². The fourth-order valence-corrected chi connectivity index (χ4v) is 5.72. The molecule has 0 radical (unpaired) electrons. The summed E-state index contributed by atoms with van der Waals surface area (Å²) in [6.45, 7) is 3.83. The van der Waals surface area contributed by atoms with E-state index in [9.17, 15) is 0 Å². The Morgan fingerprint density at radius 2 is 2.00 bits per heavy atom. The monoisotopic (exact) mass is 419 g/mol. The third-order valence-electron chi connectivity index (χ3n) is 5.80. The number of thiophene rings is 1. The van der Waals surface area contributed by atoms with Crippen LogP contribution in [0.25, 0.3) is 21.7 Å². The topological polar surface area (TPSA) is 77.2 Å². The highest BCUT2D eigenvalue weighted by molar-refractivity contribution is 7.19. The molecule has 3 aromatic heterocycles. The van der Waals surface area contributed by atoms with Gasteiger partial charge in [-0.3, -0.25) is 0 Å². The average molecular weight is 420 g/mol. The fourth-order valence-electron chi connectivity index (χ4n) is 4.42. The molecular weight excluding hydrogens is 398 g/mol. The first-order chi connectivity index (χ1) is 14.8. The van der Waals surface area contributed by atoms with Crippen LogP contribution >= 0.6 is 11.3 Å². The summed E-state index contributed by atoms with van der Waals surface area (Å²) in [6.07, 6.45) is 3.45. The van der Waals surface area contributed by atoms with Crippen LogP contribution in [0.3, 0.4) is 0 Å². The minimum atomic E-state index is -0.168. The van der Waals surface area contributed by atoms with E-state index < -0.39 is 0 Å². The highest BCUT2D eigenvalue weighted by Gasteiger charge is 2.33. The van der Waals surface area contributed by atoms with E-state index in [1.807, 2.05) is 48.6 Å². The van der Waals surface area contributed by atoms with Gasteiger partial charge < -0.3 is 14.1 Å². The highest BCUT2D eigenvalue weighted by atomic mass is 32.1. The smallest absolute Gasteiger partial charge is 0.247 e. The van der Waals surface area contributed by atoms with Gasteiger partial charge in [0, 0.05) is 17.0 Å². The molecule has 0 amide bonds. The van der Waals surface area contributed by atoms with Crippen LogP contribution < -0.4 is 4.90 Å². The summed E-state index contributed by atoms with van der Waals surface area (Å²) in [7, 11) is 0. The van der Waals surface area contributed by atoms with Crippen molar-refractivity contribution in [3.05, 3.63) is 52.5 Å². The predicted molar refractivity (Wildman–Crippen MR) is 115 cm³/mol. The van der Waals surface area contributed by atoms with Crippen molar-refractivity contribution in [3.63, 3.8) is 0 Å². The lowest BCUT2D eigenvalue weighted by Crippen LogP contribution is -2.40. The maximum absolute atomic E-state index is 6.09. The van der Waals surface area contributed by atoms with E-state index in [1.54, 1.807) is 0 Å². The number of aromatic nitrogens is 4. The Balaban J connectivity index is 1.44. The zero-order chi connectivity index (χ0) is 20.1. The molecule has 1 unspecified atom stereocenters. The number of benzene rings is 1. The molecule has 0 N–H and O–H groups in total. The number of anilines is 1. The van der Waals surface area contributed by atoms with Crippen molar-refractivity contribution in [1.82, 2.24) is 20.2 Å². The molecule has 1 aromatic carbocycles. The third kappa shape index (κ3) is 2.90. The van der Waals surface area contributed by atoms with E-state index in [0.717, 1.165) is 41.4 Å². The lowest BCUT2D eigenvalue weighted by molar-refractivity contribution is 0.0859. The number of hydrogen-bond acceptors (Lipinski definition) is 8. The summed E-state index contributed by atoms with van der Waals surface area (Å²) in [5.41, 5.74) is 2.33. The molecule has 1 aliphatic heterocycles. The summed E-state index contributed by atoms with van der Waals surface area (Å²) in [5, 5.41) is 9.87. The number of ether oxygens (including phenoxy) is 1. The van der Waals surface area contributed by atoms with E-state index >= 15 is 0 Å². The Morgan fingerprint density at radius 1 is 1.10 bits per heavy atom. The van der Waals surface area contributed by atoms with E-state index in [0.29, 0.717) is 25.0 Å². The van der Waals surface area contributed by atoms with E-state index in [1.165, 1.54) is 22.2 Å². The van der Waals surface area contributed by atoms with Crippen molar-refractivity contribution in [2.45, 2.75) is 32.2 Å². The molecule has 6 rings (SSSR count). The summed E-state index contributed by atoms with van der Waals surface area (Å²) < 4.78 is 11.9. The zero-order valence-electron chi connectivity index (χ0n) is 16.7. The second-order valence-corrected chi connectivity index (χ2v) is 8.81. The second-order valence-electron chi connectivity index (χ2n) is 7.73. The van der Waals surface area contributed by atoms with Crippen molar-refractivity contribution < 1.29 is 9.15 Å². The quantitative estimate of drug-likeness (QED) is 0.494. The first-order valence-corrected chi connectivity index (χ1v) is 11.1.